The van der Waals surface area contributed by atoms with Crippen LogP contribution in [0.15, 0.2) is 0 Å². The molecule has 0 saturated carbocycles. The van der Waals surface area contributed by atoms with Gasteiger partial charge < -0.3 is 8.74 Å². The second-order valence-corrected chi connectivity index (χ2v) is 12.8. The van der Waals surface area contributed by atoms with E-state index in [1.165, 1.54) is 0 Å². The SMILES string of the molecule is CC(C)OP(C)(=O)O[Si](C)(C)C(C)(C)C. The summed E-state index contributed by atoms with van der Waals surface area (Å²) in [5.74, 6) is 0. The average Bonchev–Trinajstić information content (AvgIpc) is 1.75. The molecule has 15 heavy (non-hydrogen) atoms. The first-order chi connectivity index (χ1) is 6.37. The topological polar surface area (TPSA) is 35.5 Å². The fourth-order valence-corrected chi connectivity index (χ4v) is 6.31. The summed E-state index contributed by atoms with van der Waals surface area (Å²) in [7, 11) is -4.90. The molecule has 0 heterocycles. The monoisotopic (exact) mass is 252 g/mol. The van der Waals surface area contributed by atoms with E-state index in [1.54, 1.807) is 6.66 Å². The molecule has 0 aliphatic rings. The second kappa shape index (κ2) is 4.70. The van der Waals surface area contributed by atoms with E-state index in [-0.39, 0.29) is 11.1 Å². The lowest BCUT2D eigenvalue weighted by Crippen LogP contribution is -2.39. The van der Waals surface area contributed by atoms with Crippen molar-refractivity contribution in [1.82, 2.24) is 0 Å². The minimum Gasteiger partial charge on any atom is -0.350 e. The summed E-state index contributed by atoms with van der Waals surface area (Å²) in [6.07, 6.45) is -0.0643. The van der Waals surface area contributed by atoms with Crippen LogP contribution < -0.4 is 0 Å². The van der Waals surface area contributed by atoms with Gasteiger partial charge in [0.1, 0.15) is 0 Å². The molecule has 0 amide bonds. The van der Waals surface area contributed by atoms with Crippen LogP contribution in [-0.2, 0) is 13.3 Å². The van der Waals surface area contributed by atoms with Gasteiger partial charge in [0.2, 0.25) is 8.32 Å². The Morgan fingerprint density at radius 3 is 1.87 bits per heavy atom. The van der Waals surface area contributed by atoms with Crippen molar-refractivity contribution < 1.29 is 13.3 Å². The highest BCUT2D eigenvalue weighted by Gasteiger charge is 2.42. The minimum absolute atomic E-state index is 0.0546. The van der Waals surface area contributed by atoms with Crippen LogP contribution in [0.5, 0.6) is 0 Å². The van der Waals surface area contributed by atoms with Crippen LogP contribution in [0, 0.1) is 0 Å². The molecule has 0 saturated heterocycles. The van der Waals surface area contributed by atoms with E-state index in [2.05, 4.69) is 33.9 Å². The van der Waals surface area contributed by atoms with Crippen LogP contribution in [0.25, 0.3) is 0 Å². The normalized spacial score (nSPS) is 17.9. The molecular weight excluding hydrogens is 227 g/mol. The number of hydrogen-bond donors (Lipinski definition) is 0. The summed E-state index contributed by atoms with van der Waals surface area (Å²) in [5, 5.41) is 0.0546. The van der Waals surface area contributed by atoms with Crippen LogP contribution in [0.4, 0.5) is 0 Å². The molecule has 0 aromatic rings. The molecule has 0 rings (SSSR count). The maximum atomic E-state index is 12.1. The van der Waals surface area contributed by atoms with E-state index >= 15 is 0 Å². The highest BCUT2D eigenvalue weighted by Crippen LogP contribution is 2.52. The van der Waals surface area contributed by atoms with Crippen molar-refractivity contribution in [1.29, 1.82) is 0 Å². The molecule has 0 fully saturated rings. The van der Waals surface area contributed by atoms with Crippen LogP contribution in [0.3, 0.4) is 0 Å². The van der Waals surface area contributed by atoms with Crippen molar-refractivity contribution in [2.75, 3.05) is 6.66 Å². The van der Waals surface area contributed by atoms with Gasteiger partial charge in [-0.2, -0.15) is 0 Å². The second-order valence-electron chi connectivity index (χ2n) is 5.78. The standard InChI is InChI=1S/C10H25O3PSi/c1-9(2)12-14(6,11)13-15(7,8)10(3,4)5/h9H,1-8H3. The molecule has 0 bridgehead atoms. The summed E-state index contributed by atoms with van der Waals surface area (Å²) in [5.41, 5.74) is 0. The van der Waals surface area contributed by atoms with Gasteiger partial charge in [-0.05, 0) is 32.0 Å². The minimum atomic E-state index is -2.90. The average molecular weight is 252 g/mol. The summed E-state index contributed by atoms with van der Waals surface area (Å²) in [6, 6.07) is 0. The van der Waals surface area contributed by atoms with E-state index in [9.17, 15) is 4.57 Å². The fourth-order valence-electron chi connectivity index (χ4n) is 0.956. The van der Waals surface area contributed by atoms with Gasteiger partial charge >= 0.3 is 7.60 Å². The van der Waals surface area contributed by atoms with Crippen molar-refractivity contribution in [2.45, 2.75) is 58.9 Å². The maximum Gasteiger partial charge on any atom is 0.318 e. The lowest BCUT2D eigenvalue weighted by Gasteiger charge is -2.37. The molecule has 0 radical (unpaired) electrons. The molecule has 0 aromatic carbocycles. The first-order valence-corrected chi connectivity index (χ1v) is 10.2. The Bertz CT molecular complexity index is 256. The largest absolute Gasteiger partial charge is 0.350 e. The molecule has 0 spiro atoms. The van der Waals surface area contributed by atoms with Crippen LogP contribution in [-0.4, -0.2) is 21.1 Å². The summed E-state index contributed by atoms with van der Waals surface area (Å²) >= 11 is 0. The highest BCUT2D eigenvalue weighted by molar-refractivity contribution is 7.54. The lowest BCUT2D eigenvalue weighted by atomic mass is 10.2. The Balaban J connectivity index is 4.66. The zero-order valence-corrected chi connectivity index (χ0v) is 13.1. The fraction of sp³-hybridized carbons (Fsp3) is 1.00. The summed E-state index contributed by atoms with van der Waals surface area (Å²) in [6.45, 7) is 15.8. The Kier molecular flexibility index (Phi) is 4.82. The van der Waals surface area contributed by atoms with Gasteiger partial charge in [-0.25, -0.2) is 0 Å². The molecule has 1 unspecified atom stereocenters. The summed E-state index contributed by atoms with van der Waals surface area (Å²) < 4.78 is 23.2. The lowest BCUT2D eigenvalue weighted by molar-refractivity contribution is 0.209. The highest BCUT2D eigenvalue weighted by atomic mass is 31.2. The molecule has 3 nitrogen and oxygen atoms in total. The smallest absolute Gasteiger partial charge is 0.318 e. The quantitative estimate of drug-likeness (QED) is 0.554. The third-order valence-corrected chi connectivity index (χ3v) is 10.2. The van der Waals surface area contributed by atoms with Crippen LogP contribution >= 0.6 is 7.60 Å². The molecule has 0 aliphatic carbocycles. The molecule has 0 N–H and O–H groups in total. The molecule has 0 aromatic heterocycles. The van der Waals surface area contributed by atoms with Gasteiger partial charge in [0, 0.05) is 6.66 Å². The third-order valence-electron chi connectivity index (χ3n) is 2.60. The van der Waals surface area contributed by atoms with Crippen LogP contribution in [0.2, 0.25) is 18.1 Å². The van der Waals surface area contributed by atoms with Gasteiger partial charge in [-0.1, -0.05) is 20.8 Å². The zero-order valence-electron chi connectivity index (χ0n) is 11.2. The first-order valence-electron chi connectivity index (χ1n) is 5.34. The molecular formula is C10H25O3PSi. The van der Waals surface area contributed by atoms with Crippen LogP contribution in [0.1, 0.15) is 34.6 Å². The van der Waals surface area contributed by atoms with E-state index in [0.717, 1.165) is 0 Å². The number of rotatable bonds is 4. The molecule has 1 atom stereocenters. The summed E-state index contributed by atoms with van der Waals surface area (Å²) in [4.78, 5) is 0. The van der Waals surface area contributed by atoms with Gasteiger partial charge in [0.25, 0.3) is 0 Å². The Hall–Kier alpha value is 0.367. The molecule has 5 heteroatoms. The number of hydrogen-bond acceptors (Lipinski definition) is 3. The van der Waals surface area contributed by atoms with Crippen molar-refractivity contribution in [2.24, 2.45) is 0 Å². The Morgan fingerprint density at radius 1 is 1.20 bits per heavy atom. The van der Waals surface area contributed by atoms with Crippen molar-refractivity contribution in [3.63, 3.8) is 0 Å². The van der Waals surface area contributed by atoms with Gasteiger partial charge in [-0.15, -0.1) is 0 Å². The maximum absolute atomic E-state index is 12.1. The van der Waals surface area contributed by atoms with E-state index < -0.39 is 15.9 Å². The zero-order chi connectivity index (χ0) is 12.5. The van der Waals surface area contributed by atoms with Crippen molar-refractivity contribution in [3.05, 3.63) is 0 Å². The van der Waals surface area contributed by atoms with Gasteiger partial charge in [0.15, 0.2) is 0 Å². The van der Waals surface area contributed by atoms with Gasteiger partial charge in [-0.3, -0.25) is 4.57 Å². The third kappa shape index (κ3) is 5.30. The van der Waals surface area contributed by atoms with Crippen molar-refractivity contribution >= 4 is 15.9 Å². The predicted molar refractivity (Wildman–Crippen MR) is 68.0 cm³/mol. The van der Waals surface area contributed by atoms with Crippen molar-refractivity contribution in [3.8, 4) is 0 Å². The molecule has 0 aliphatic heterocycles. The Labute approximate surface area is 95.2 Å². The van der Waals surface area contributed by atoms with E-state index in [4.69, 9.17) is 8.74 Å². The predicted octanol–water partition coefficient (Wildman–Crippen LogP) is 4.26. The first kappa shape index (κ1) is 15.4. The van der Waals surface area contributed by atoms with E-state index in [0.29, 0.717) is 0 Å². The Morgan fingerprint density at radius 2 is 1.60 bits per heavy atom. The molecule has 92 valence electrons. The van der Waals surface area contributed by atoms with Gasteiger partial charge in [0.05, 0.1) is 6.10 Å². The van der Waals surface area contributed by atoms with E-state index in [1.807, 2.05) is 13.8 Å².